The Hall–Kier alpha value is -1.06. The molecule has 0 saturated heterocycles. The topological polar surface area (TPSA) is 12.0 Å². The van der Waals surface area contributed by atoms with Gasteiger partial charge in [-0.3, -0.25) is 0 Å². The fourth-order valence-electron chi connectivity index (χ4n) is 1.68. The number of hydrogen-bond acceptors (Lipinski definition) is 1. The molecule has 0 saturated carbocycles. The summed E-state index contributed by atoms with van der Waals surface area (Å²) < 4.78 is 14.4. The second-order valence-electron chi connectivity index (χ2n) is 4.05. The van der Waals surface area contributed by atoms with Gasteiger partial charge in [0.05, 0.1) is 5.69 Å². The van der Waals surface area contributed by atoms with Crippen LogP contribution in [0.1, 0.15) is 11.1 Å². The van der Waals surface area contributed by atoms with Crippen LogP contribution in [0.5, 0.6) is 0 Å². The quantitative estimate of drug-likeness (QED) is 0.820. The molecule has 1 nitrogen and oxygen atoms in total. The Balaban J connectivity index is 2.13. The summed E-state index contributed by atoms with van der Waals surface area (Å²) in [7, 11) is 0. The molecule has 0 aromatic heterocycles. The molecule has 1 N–H and O–H groups in total. The average Bonchev–Trinajstić information content (AvgIpc) is 2.32. The number of benzene rings is 2. The van der Waals surface area contributed by atoms with E-state index in [1.165, 1.54) is 6.07 Å². The molecule has 0 unspecified atom stereocenters. The van der Waals surface area contributed by atoms with Crippen LogP contribution in [0.3, 0.4) is 0 Å². The van der Waals surface area contributed by atoms with Crippen LogP contribution in [-0.4, -0.2) is 0 Å². The Bertz CT molecular complexity index is 572. The third-order valence-corrected chi connectivity index (χ3v) is 3.43. The molecule has 0 radical (unpaired) electrons. The lowest BCUT2D eigenvalue weighted by Gasteiger charge is -2.10. The van der Waals surface area contributed by atoms with Gasteiger partial charge in [0.25, 0.3) is 0 Å². The maximum absolute atomic E-state index is 13.5. The second kappa shape index (κ2) is 5.72. The lowest BCUT2D eigenvalue weighted by Crippen LogP contribution is -2.03. The zero-order valence-corrected chi connectivity index (χ0v) is 12.1. The molecule has 2 aromatic rings. The minimum atomic E-state index is -0.259. The van der Waals surface area contributed by atoms with Gasteiger partial charge in [-0.25, -0.2) is 4.39 Å². The molecule has 0 heterocycles. The summed E-state index contributed by atoms with van der Waals surface area (Å²) in [5, 5.41) is 3.80. The van der Waals surface area contributed by atoms with Gasteiger partial charge in [0.1, 0.15) is 5.82 Å². The Kier molecular flexibility index (Phi) is 4.25. The van der Waals surface area contributed by atoms with E-state index in [1.807, 2.05) is 25.1 Å². The Morgan fingerprint density at radius 1 is 1.22 bits per heavy atom. The summed E-state index contributed by atoms with van der Waals surface area (Å²) in [4.78, 5) is 0. The molecule has 0 amide bonds. The van der Waals surface area contributed by atoms with Crippen molar-refractivity contribution in [3.63, 3.8) is 0 Å². The van der Waals surface area contributed by atoms with Crippen molar-refractivity contribution >= 4 is 33.2 Å². The smallest absolute Gasteiger partial charge is 0.146 e. The molecule has 0 spiro atoms. The SMILES string of the molecule is Cc1cc(Cl)ccc1CNc1cc(Br)ccc1F. The maximum Gasteiger partial charge on any atom is 0.146 e. The van der Waals surface area contributed by atoms with Crippen LogP contribution in [-0.2, 0) is 6.54 Å². The Morgan fingerprint density at radius 2 is 2.00 bits per heavy atom. The third-order valence-electron chi connectivity index (χ3n) is 2.70. The number of rotatable bonds is 3. The van der Waals surface area contributed by atoms with Crippen molar-refractivity contribution in [3.8, 4) is 0 Å². The molecule has 0 aliphatic heterocycles. The second-order valence-corrected chi connectivity index (χ2v) is 5.40. The molecule has 0 bridgehead atoms. The molecule has 2 aromatic carbocycles. The summed E-state index contributed by atoms with van der Waals surface area (Å²) in [5.74, 6) is -0.259. The van der Waals surface area contributed by atoms with Gasteiger partial charge in [-0.15, -0.1) is 0 Å². The van der Waals surface area contributed by atoms with E-state index >= 15 is 0 Å². The standard InChI is InChI=1S/C14H12BrClFN/c1-9-6-12(16)4-2-10(9)8-18-14-7-11(15)3-5-13(14)17/h2-7,18H,8H2,1H3. The van der Waals surface area contributed by atoms with E-state index < -0.39 is 0 Å². The zero-order chi connectivity index (χ0) is 13.1. The van der Waals surface area contributed by atoms with E-state index in [4.69, 9.17) is 11.6 Å². The molecule has 0 atom stereocenters. The molecule has 0 fully saturated rings. The molecular formula is C14H12BrClFN. The van der Waals surface area contributed by atoms with Crippen molar-refractivity contribution in [2.75, 3.05) is 5.32 Å². The van der Waals surface area contributed by atoms with Crippen molar-refractivity contribution in [2.45, 2.75) is 13.5 Å². The molecule has 4 heteroatoms. The number of aryl methyl sites for hydroxylation is 1. The summed E-state index contributed by atoms with van der Waals surface area (Å²) in [6, 6.07) is 10.5. The molecule has 18 heavy (non-hydrogen) atoms. The first-order chi connectivity index (χ1) is 8.56. The summed E-state index contributed by atoms with van der Waals surface area (Å²) in [5.41, 5.74) is 2.67. The highest BCUT2D eigenvalue weighted by Gasteiger charge is 2.04. The number of nitrogens with one attached hydrogen (secondary N) is 1. The lowest BCUT2D eigenvalue weighted by atomic mass is 10.1. The first kappa shape index (κ1) is 13.4. The fraction of sp³-hybridized carbons (Fsp3) is 0.143. The van der Waals surface area contributed by atoms with Gasteiger partial charge in [-0.2, -0.15) is 0 Å². The van der Waals surface area contributed by atoms with Crippen LogP contribution in [0, 0.1) is 12.7 Å². The number of halogens is 3. The van der Waals surface area contributed by atoms with Gasteiger partial charge in [-0.05, 0) is 48.4 Å². The predicted molar refractivity (Wildman–Crippen MR) is 77.6 cm³/mol. The summed E-state index contributed by atoms with van der Waals surface area (Å²) in [6.07, 6.45) is 0. The van der Waals surface area contributed by atoms with E-state index in [2.05, 4.69) is 21.2 Å². The van der Waals surface area contributed by atoms with Crippen molar-refractivity contribution in [1.29, 1.82) is 0 Å². The van der Waals surface area contributed by atoms with Crippen LogP contribution in [0.4, 0.5) is 10.1 Å². The highest BCUT2D eigenvalue weighted by Crippen LogP contribution is 2.22. The molecule has 0 aliphatic rings. The highest BCUT2D eigenvalue weighted by molar-refractivity contribution is 9.10. The van der Waals surface area contributed by atoms with Crippen molar-refractivity contribution in [3.05, 3.63) is 62.8 Å². The number of anilines is 1. The zero-order valence-electron chi connectivity index (χ0n) is 9.81. The van der Waals surface area contributed by atoms with Crippen LogP contribution >= 0.6 is 27.5 Å². The monoisotopic (exact) mass is 327 g/mol. The van der Waals surface area contributed by atoms with E-state index in [0.29, 0.717) is 17.3 Å². The van der Waals surface area contributed by atoms with Crippen LogP contribution in [0.2, 0.25) is 5.02 Å². The minimum absolute atomic E-state index is 0.259. The van der Waals surface area contributed by atoms with E-state index in [0.717, 1.165) is 15.6 Å². The van der Waals surface area contributed by atoms with Crippen LogP contribution < -0.4 is 5.32 Å². The molecular weight excluding hydrogens is 317 g/mol. The Labute approximate surface area is 119 Å². The first-order valence-corrected chi connectivity index (χ1v) is 6.67. The van der Waals surface area contributed by atoms with Gasteiger partial charge >= 0.3 is 0 Å². The molecule has 2 rings (SSSR count). The normalized spacial score (nSPS) is 10.4. The predicted octanol–water partition coefficient (Wildman–Crippen LogP) is 5.16. The molecule has 0 aliphatic carbocycles. The third kappa shape index (κ3) is 3.24. The minimum Gasteiger partial charge on any atom is -0.379 e. The van der Waals surface area contributed by atoms with Crippen LogP contribution in [0.15, 0.2) is 40.9 Å². The van der Waals surface area contributed by atoms with Gasteiger partial charge < -0.3 is 5.32 Å². The average molecular weight is 329 g/mol. The van der Waals surface area contributed by atoms with Gasteiger partial charge in [0.2, 0.25) is 0 Å². The summed E-state index contributed by atoms with van der Waals surface area (Å²) in [6.45, 7) is 2.55. The van der Waals surface area contributed by atoms with Crippen molar-refractivity contribution < 1.29 is 4.39 Å². The Morgan fingerprint density at radius 3 is 2.72 bits per heavy atom. The van der Waals surface area contributed by atoms with Crippen molar-refractivity contribution in [1.82, 2.24) is 0 Å². The summed E-state index contributed by atoms with van der Waals surface area (Å²) >= 11 is 9.22. The largest absolute Gasteiger partial charge is 0.379 e. The first-order valence-electron chi connectivity index (χ1n) is 5.50. The fourth-order valence-corrected chi connectivity index (χ4v) is 2.27. The molecule has 94 valence electrons. The van der Waals surface area contributed by atoms with Crippen LogP contribution in [0.25, 0.3) is 0 Å². The van der Waals surface area contributed by atoms with Gasteiger partial charge in [0.15, 0.2) is 0 Å². The van der Waals surface area contributed by atoms with E-state index in [1.54, 1.807) is 12.1 Å². The van der Waals surface area contributed by atoms with E-state index in [-0.39, 0.29) is 5.82 Å². The van der Waals surface area contributed by atoms with Crippen molar-refractivity contribution in [2.24, 2.45) is 0 Å². The highest BCUT2D eigenvalue weighted by atomic mass is 79.9. The van der Waals surface area contributed by atoms with E-state index in [9.17, 15) is 4.39 Å². The van der Waals surface area contributed by atoms with Gasteiger partial charge in [0, 0.05) is 16.0 Å². The lowest BCUT2D eigenvalue weighted by molar-refractivity contribution is 0.630. The van der Waals surface area contributed by atoms with Gasteiger partial charge in [-0.1, -0.05) is 33.6 Å². The maximum atomic E-state index is 13.5. The number of hydrogen-bond donors (Lipinski definition) is 1.